The first-order chi connectivity index (χ1) is 13.6. The maximum absolute atomic E-state index is 11.9. The molecule has 3 unspecified atom stereocenters. The third kappa shape index (κ3) is 3.15. The molecule has 0 aromatic heterocycles. The third-order valence-electron chi connectivity index (χ3n) is 8.13. The number of hydrogen-bond donors (Lipinski definition) is 2. The number of hydrogen-bond acceptors (Lipinski definition) is 6. The fourth-order valence-corrected chi connectivity index (χ4v) is 6.57. The number of esters is 2. The number of carbonyl (C=O) groups is 2. The molecule has 4 rings (SSSR count). The number of allylic oxidation sites excluding steroid dienone is 2. The van der Waals surface area contributed by atoms with Gasteiger partial charge in [0.25, 0.3) is 0 Å². The molecule has 4 aliphatic rings. The van der Waals surface area contributed by atoms with Crippen molar-refractivity contribution in [3.63, 3.8) is 0 Å². The zero-order valence-corrected chi connectivity index (χ0v) is 17.7. The van der Waals surface area contributed by atoms with Crippen molar-refractivity contribution in [3.8, 4) is 0 Å². The highest BCUT2D eigenvalue weighted by atomic mass is 16.6. The molecule has 0 bridgehead atoms. The van der Waals surface area contributed by atoms with Crippen LogP contribution in [0.4, 0.5) is 0 Å². The second kappa shape index (κ2) is 6.95. The van der Waals surface area contributed by atoms with E-state index in [0.29, 0.717) is 18.6 Å². The Hall–Kier alpha value is -1.66. The second-order valence-electron chi connectivity index (χ2n) is 9.87. The molecule has 3 saturated carbocycles. The van der Waals surface area contributed by atoms with Gasteiger partial charge in [0, 0.05) is 19.3 Å². The minimum Gasteiger partial charge on any atom is -0.460 e. The lowest BCUT2D eigenvalue weighted by Crippen LogP contribution is -2.48. The van der Waals surface area contributed by atoms with Gasteiger partial charge in [-0.1, -0.05) is 19.4 Å². The molecule has 0 radical (unpaired) electrons. The van der Waals surface area contributed by atoms with E-state index in [0.717, 1.165) is 36.8 Å². The van der Waals surface area contributed by atoms with Crippen molar-refractivity contribution in [2.24, 2.45) is 22.7 Å². The largest absolute Gasteiger partial charge is 0.460 e. The average molecular weight is 405 g/mol. The monoisotopic (exact) mass is 404 g/mol. The Balaban J connectivity index is 1.81. The van der Waals surface area contributed by atoms with Gasteiger partial charge >= 0.3 is 11.9 Å². The Kier molecular flexibility index (Phi) is 4.94. The van der Waals surface area contributed by atoms with E-state index in [9.17, 15) is 19.8 Å². The lowest BCUT2D eigenvalue weighted by molar-refractivity contribution is -0.153. The fourth-order valence-electron chi connectivity index (χ4n) is 6.57. The Morgan fingerprint density at radius 1 is 1.07 bits per heavy atom. The van der Waals surface area contributed by atoms with E-state index in [-0.39, 0.29) is 35.3 Å². The second-order valence-corrected chi connectivity index (χ2v) is 9.87. The topological polar surface area (TPSA) is 93.1 Å². The van der Waals surface area contributed by atoms with E-state index in [2.05, 4.69) is 13.8 Å². The molecule has 3 fully saturated rings. The van der Waals surface area contributed by atoms with Gasteiger partial charge in [-0.15, -0.1) is 0 Å². The highest BCUT2D eigenvalue weighted by molar-refractivity contribution is 5.68. The van der Waals surface area contributed by atoms with Gasteiger partial charge in [0.2, 0.25) is 0 Å². The molecule has 6 heteroatoms. The smallest absolute Gasteiger partial charge is 0.308 e. The third-order valence-corrected chi connectivity index (χ3v) is 8.13. The quantitative estimate of drug-likeness (QED) is 0.687. The van der Waals surface area contributed by atoms with Crippen LogP contribution < -0.4 is 0 Å². The van der Waals surface area contributed by atoms with Gasteiger partial charge in [0.1, 0.15) is 11.9 Å². The summed E-state index contributed by atoms with van der Waals surface area (Å²) < 4.78 is 11.1. The number of ether oxygens (including phenoxy) is 2. The van der Waals surface area contributed by atoms with Crippen LogP contribution in [0.1, 0.15) is 66.2 Å². The number of rotatable bonds is 2. The van der Waals surface area contributed by atoms with Crippen LogP contribution in [0.15, 0.2) is 23.0 Å². The summed E-state index contributed by atoms with van der Waals surface area (Å²) in [5.74, 6) is 0.00399. The highest BCUT2D eigenvalue weighted by Gasteiger charge is 2.61. The van der Waals surface area contributed by atoms with Crippen LogP contribution >= 0.6 is 0 Å². The summed E-state index contributed by atoms with van der Waals surface area (Å²) in [4.78, 5) is 23.5. The van der Waals surface area contributed by atoms with Crippen molar-refractivity contribution in [2.45, 2.75) is 84.5 Å². The van der Waals surface area contributed by atoms with Crippen molar-refractivity contribution in [3.05, 3.63) is 23.0 Å². The average Bonchev–Trinajstić information content (AvgIpc) is 2.87. The maximum atomic E-state index is 11.9. The van der Waals surface area contributed by atoms with Crippen molar-refractivity contribution in [1.82, 2.24) is 0 Å². The Morgan fingerprint density at radius 2 is 1.79 bits per heavy atom. The van der Waals surface area contributed by atoms with Gasteiger partial charge in [-0.25, -0.2) is 0 Å². The van der Waals surface area contributed by atoms with Crippen LogP contribution in [-0.2, 0) is 19.1 Å². The molecule has 2 N–H and O–H groups in total. The SMILES string of the molecule is CC(=O)OC1=C2[C@@H](CC[C@]3(C)C(O)C(OC(C)=O)C[C@@H]23)[C@@]2(C)CCC(O)CC2=C1. The summed E-state index contributed by atoms with van der Waals surface area (Å²) in [6.45, 7) is 7.09. The molecule has 7 atom stereocenters. The first kappa shape index (κ1) is 20.6. The van der Waals surface area contributed by atoms with E-state index in [1.807, 2.05) is 6.08 Å². The van der Waals surface area contributed by atoms with E-state index in [1.165, 1.54) is 13.8 Å². The summed E-state index contributed by atoms with van der Waals surface area (Å²) in [5, 5.41) is 21.3. The van der Waals surface area contributed by atoms with Gasteiger partial charge in [-0.2, -0.15) is 0 Å². The summed E-state index contributed by atoms with van der Waals surface area (Å²) in [6, 6.07) is 0. The van der Waals surface area contributed by atoms with Crippen molar-refractivity contribution < 1.29 is 29.3 Å². The molecule has 0 amide bonds. The molecule has 0 aliphatic heterocycles. The fraction of sp³-hybridized carbons (Fsp3) is 0.739. The highest BCUT2D eigenvalue weighted by Crippen LogP contribution is 2.64. The van der Waals surface area contributed by atoms with Crippen LogP contribution in [0.5, 0.6) is 0 Å². The minimum atomic E-state index is -0.741. The molecule has 0 heterocycles. The maximum Gasteiger partial charge on any atom is 0.308 e. The summed E-state index contributed by atoms with van der Waals surface area (Å²) in [7, 11) is 0. The summed E-state index contributed by atoms with van der Waals surface area (Å²) in [5.41, 5.74) is 1.74. The lowest BCUT2D eigenvalue weighted by Gasteiger charge is -2.54. The molecule has 160 valence electrons. The Bertz CT molecular complexity index is 797. The zero-order valence-electron chi connectivity index (χ0n) is 17.7. The van der Waals surface area contributed by atoms with Gasteiger partial charge in [0.05, 0.1) is 12.2 Å². The van der Waals surface area contributed by atoms with E-state index >= 15 is 0 Å². The van der Waals surface area contributed by atoms with E-state index in [4.69, 9.17) is 9.47 Å². The molecule has 29 heavy (non-hydrogen) atoms. The van der Waals surface area contributed by atoms with Crippen molar-refractivity contribution in [2.75, 3.05) is 0 Å². The van der Waals surface area contributed by atoms with Crippen LogP contribution in [0.3, 0.4) is 0 Å². The van der Waals surface area contributed by atoms with Gasteiger partial charge < -0.3 is 19.7 Å². The van der Waals surface area contributed by atoms with Crippen LogP contribution in [0.2, 0.25) is 0 Å². The van der Waals surface area contributed by atoms with E-state index in [1.54, 1.807) is 0 Å². The molecule has 6 nitrogen and oxygen atoms in total. The summed E-state index contributed by atoms with van der Waals surface area (Å²) >= 11 is 0. The molecule has 0 aromatic rings. The van der Waals surface area contributed by atoms with E-state index < -0.39 is 17.6 Å². The molecule has 0 saturated heterocycles. The van der Waals surface area contributed by atoms with Crippen LogP contribution in [0, 0.1) is 22.7 Å². The first-order valence-corrected chi connectivity index (χ1v) is 10.7. The standard InChI is InChI=1S/C23H32O6/c1-12(24)28-18-10-14-9-15(26)5-7-22(14,3)16-6-8-23(4)17(20(16)18)11-19(21(23)27)29-13(2)25/h10,15-17,19,21,26-27H,5-9,11H2,1-4H3/t15?,16-,17+,19?,21?,22+,23+/m1/s1. The number of carbonyl (C=O) groups excluding carboxylic acids is 2. The van der Waals surface area contributed by atoms with Crippen molar-refractivity contribution in [1.29, 1.82) is 0 Å². The zero-order chi connectivity index (χ0) is 21.1. The number of aliphatic hydroxyl groups excluding tert-OH is 2. The Labute approximate surface area is 172 Å². The number of aliphatic hydroxyl groups is 2. The van der Waals surface area contributed by atoms with Crippen molar-refractivity contribution >= 4 is 11.9 Å². The predicted molar refractivity (Wildman–Crippen MR) is 105 cm³/mol. The molecule has 0 aromatic carbocycles. The van der Waals surface area contributed by atoms with Crippen LogP contribution in [-0.4, -0.2) is 40.5 Å². The lowest BCUT2D eigenvalue weighted by atomic mass is 9.51. The van der Waals surface area contributed by atoms with Crippen LogP contribution in [0.25, 0.3) is 0 Å². The molecular formula is C23H32O6. The van der Waals surface area contributed by atoms with Gasteiger partial charge in [-0.05, 0) is 67.4 Å². The van der Waals surface area contributed by atoms with Gasteiger partial charge in [-0.3, -0.25) is 9.59 Å². The number of fused-ring (bicyclic) bond motifs is 5. The predicted octanol–water partition coefficient (Wildman–Crippen LogP) is 3.02. The molecule has 4 aliphatic carbocycles. The minimum absolute atomic E-state index is 0.0172. The Morgan fingerprint density at radius 3 is 2.45 bits per heavy atom. The molecule has 0 spiro atoms. The normalized spacial score (nSPS) is 43.7. The molecular weight excluding hydrogens is 372 g/mol. The summed E-state index contributed by atoms with van der Waals surface area (Å²) in [6.07, 6.45) is 4.82. The van der Waals surface area contributed by atoms with Gasteiger partial charge in [0.15, 0.2) is 0 Å². The first-order valence-electron chi connectivity index (χ1n) is 10.7.